The first-order valence-corrected chi connectivity index (χ1v) is 5.61. The van der Waals surface area contributed by atoms with E-state index >= 15 is 0 Å². The minimum absolute atomic E-state index is 0. The summed E-state index contributed by atoms with van der Waals surface area (Å²) in [6.07, 6.45) is -7.27. The van der Waals surface area contributed by atoms with Crippen molar-refractivity contribution in [2.75, 3.05) is 6.61 Å². The number of halogens is 6. The summed E-state index contributed by atoms with van der Waals surface area (Å²) in [4.78, 5) is 11.1. The zero-order chi connectivity index (χ0) is 15.5. The summed E-state index contributed by atoms with van der Waals surface area (Å²) in [5.74, 6) is -2.78. The second-order valence-electron chi connectivity index (χ2n) is 3.92. The molecule has 0 spiro atoms. The molecule has 0 amide bonds. The molecule has 2 atom stereocenters. The van der Waals surface area contributed by atoms with Gasteiger partial charge < -0.3 is 10.5 Å². The Labute approximate surface area is 123 Å². The fourth-order valence-corrected chi connectivity index (χ4v) is 1.50. The van der Waals surface area contributed by atoms with E-state index in [1.54, 1.807) is 0 Å². The maximum absolute atomic E-state index is 13.6. The lowest BCUT2D eigenvalue weighted by molar-refractivity contribution is -0.149. The first-order chi connectivity index (χ1) is 9.18. The van der Waals surface area contributed by atoms with E-state index in [9.17, 15) is 26.7 Å². The summed E-state index contributed by atoms with van der Waals surface area (Å²) in [6.45, 7) is 1.35. The van der Waals surface area contributed by atoms with E-state index in [-0.39, 0.29) is 24.6 Å². The maximum Gasteiger partial charge on any atom is 0.419 e. The molecule has 0 aliphatic heterocycles. The van der Waals surface area contributed by atoms with Crippen LogP contribution in [0.4, 0.5) is 22.0 Å². The van der Waals surface area contributed by atoms with Crippen LogP contribution < -0.4 is 5.73 Å². The molecule has 0 saturated carbocycles. The van der Waals surface area contributed by atoms with Gasteiger partial charge >= 0.3 is 12.1 Å². The van der Waals surface area contributed by atoms with Crippen LogP contribution in [0.2, 0.25) is 0 Å². The van der Waals surface area contributed by atoms with Crippen molar-refractivity contribution in [3.8, 4) is 0 Å². The quantitative estimate of drug-likeness (QED) is 0.680. The normalized spacial score (nSPS) is 14.0. The van der Waals surface area contributed by atoms with E-state index in [2.05, 4.69) is 4.74 Å². The average molecular weight is 334 g/mol. The molecule has 0 radical (unpaired) electrons. The predicted molar refractivity (Wildman–Crippen MR) is 67.1 cm³/mol. The van der Waals surface area contributed by atoms with Crippen LogP contribution >= 0.6 is 12.4 Å². The number of benzene rings is 1. The van der Waals surface area contributed by atoms with Crippen molar-refractivity contribution in [1.29, 1.82) is 0 Å². The van der Waals surface area contributed by atoms with Gasteiger partial charge in [0.25, 0.3) is 0 Å². The first kappa shape index (κ1) is 19.6. The molecule has 9 heteroatoms. The Bertz CT molecular complexity index is 495. The van der Waals surface area contributed by atoms with Crippen LogP contribution in [0.5, 0.6) is 0 Å². The molecule has 0 saturated heterocycles. The summed E-state index contributed by atoms with van der Waals surface area (Å²) in [5, 5.41) is 0. The Morgan fingerprint density at radius 3 is 2.43 bits per heavy atom. The first-order valence-electron chi connectivity index (χ1n) is 5.61. The summed E-state index contributed by atoms with van der Waals surface area (Å²) in [7, 11) is 0. The molecule has 120 valence electrons. The number of carbonyl (C=O) groups is 1. The van der Waals surface area contributed by atoms with Gasteiger partial charge in [0, 0.05) is 0 Å². The van der Waals surface area contributed by atoms with Crippen molar-refractivity contribution >= 4 is 18.4 Å². The molecule has 1 aromatic carbocycles. The molecule has 1 aromatic rings. The van der Waals surface area contributed by atoms with Crippen LogP contribution in [0, 0.1) is 5.82 Å². The predicted octanol–water partition coefficient (Wildman–Crippen LogP) is 3.17. The van der Waals surface area contributed by atoms with Gasteiger partial charge in [0.05, 0.1) is 18.2 Å². The third-order valence-electron chi connectivity index (χ3n) is 2.51. The Morgan fingerprint density at radius 2 is 1.95 bits per heavy atom. The molecular formula is C12H13ClF5NO2. The Balaban J connectivity index is 0.00000400. The maximum atomic E-state index is 13.6. The number of hydrogen-bond acceptors (Lipinski definition) is 3. The van der Waals surface area contributed by atoms with Crippen LogP contribution in [-0.2, 0) is 15.7 Å². The Kier molecular flexibility index (Phi) is 7.05. The SMILES string of the molecule is CCOC(=O)C(F)[C@@H](N)c1ccc(F)c(C(F)(F)F)c1.Cl. The van der Waals surface area contributed by atoms with Crippen molar-refractivity contribution in [3.63, 3.8) is 0 Å². The van der Waals surface area contributed by atoms with Crippen LogP contribution in [0.3, 0.4) is 0 Å². The van der Waals surface area contributed by atoms with E-state index in [1.807, 2.05) is 0 Å². The number of ether oxygens (including phenoxy) is 1. The lowest BCUT2D eigenvalue weighted by Crippen LogP contribution is -2.31. The zero-order valence-corrected chi connectivity index (χ0v) is 11.6. The highest BCUT2D eigenvalue weighted by atomic mass is 35.5. The van der Waals surface area contributed by atoms with Gasteiger partial charge in [-0.2, -0.15) is 13.2 Å². The lowest BCUT2D eigenvalue weighted by Gasteiger charge is -2.17. The van der Waals surface area contributed by atoms with Crippen LogP contribution in [0.15, 0.2) is 18.2 Å². The second kappa shape index (κ2) is 7.56. The largest absolute Gasteiger partial charge is 0.464 e. The van der Waals surface area contributed by atoms with E-state index in [1.165, 1.54) is 6.92 Å². The summed E-state index contributed by atoms with van der Waals surface area (Å²) in [5.41, 5.74) is 3.45. The average Bonchev–Trinajstić information content (AvgIpc) is 2.36. The fourth-order valence-electron chi connectivity index (χ4n) is 1.50. The topological polar surface area (TPSA) is 52.3 Å². The zero-order valence-electron chi connectivity index (χ0n) is 10.8. The van der Waals surface area contributed by atoms with E-state index < -0.39 is 35.7 Å². The molecule has 2 N–H and O–H groups in total. The number of rotatable bonds is 4. The molecule has 0 aromatic heterocycles. The number of carbonyl (C=O) groups excluding carboxylic acids is 1. The van der Waals surface area contributed by atoms with Crippen molar-refractivity contribution in [3.05, 3.63) is 35.1 Å². The smallest absolute Gasteiger partial charge is 0.419 e. The van der Waals surface area contributed by atoms with Gasteiger partial charge in [0.2, 0.25) is 6.17 Å². The standard InChI is InChI=1S/C12H12F5NO2.ClH/c1-2-20-11(19)9(14)10(18)6-3-4-8(13)7(5-6)12(15,16)17;/h3-5,9-10H,2,18H2,1H3;1H/t9?,10-;/m0./s1. The van der Waals surface area contributed by atoms with Gasteiger partial charge in [-0.15, -0.1) is 12.4 Å². The van der Waals surface area contributed by atoms with Crippen molar-refractivity contribution in [2.24, 2.45) is 5.73 Å². The van der Waals surface area contributed by atoms with Gasteiger partial charge in [-0.05, 0) is 24.6 Å². The number of nitrogens with two attached hydrogens (primary N) is 1. The monoisotopic (exact) mass is 333 g/mol. The fraction of sp³-hybridized carbons (Fsp3) is 0.417. The molecule has 21 heavy (non-hydrogen) atoms. The number of alkyl halides is 4. The van der Waals surface area contributed by atoms with E-state index in [4.69, 9.17) is 5.73 Å². The third kappa shape index (κ3) is 4.82. The van der Waals surface area contributed by atoms with Crippen LogP contribution in [0.25, 0.3) is 0 Å². The third-order valence-corrected chi connectivity index (χ3v) is 2.51. The molecule has 0 aliphatic carbocycles. The highest BCUT2D eigenvalue weighted by molar-refractivity contribution is 5.85. The summed E-state index contributed by atoms with van der Waals surface area (Å²) < 4.78 is 68.6. The minimum Gasteiger partial charge on any atom is -0.464 e. The molecular weight excluding hydrogens is 321 g/mol. The summed E-state index contributed by atoms with van der Waals surface area (Å²) in [6, 6.07) is 0.124. The number of hydrogen-bond donors (Lipinski definition) is 1. The van der Waals surface area contributed by atoms with Gasteiger partial charge in [0.1, 0.15) is 5.82 Å². The highest BCUT2D eigenvalue weighted by Gasteiger charge is 2.36. The molecule has 3 nitrogen and oxygen atoms in total. The molecule has 0 bridgehead atoms. The van der Waals surface area contributed by atoms with E-state index in [0.29, 0.717) is 12.1 Å². The van der Waals surface area contributed by atoms with Gasteiger partial charge in [0.15, 0.2) is 0 Å². The minimum atomic E-state index is -4.93. The Hall–Kier alpha value is -1.41. The molecule has 1 rings (SSSR count). The van der Waals surface area contributed by atoms with Gasteiger partial charge in [-0.25, -0.2) is 13.6 Å². The molecule has 0 heterocycles. The molecule has 0 fully saturated rings. The van der Waals surface area contributed by atoms with Crippen molar-refractivity contribution < 1.29 is 31.5 Å². The van der Waals surface area contributed by atoms with Gasteiger partial charge in [-0.3, -0.25) is 0 Å². The van der Waals surface area contributed by atoms with Crippen molar-refractivity contribution in [2.45, 2.75) is 25.3 Å². The highest BCUT2D eigenvalue weighted by Crippen LogP contribution is 2.33. The molecule has 1 unspecified atom stereocenters. The van der Waals surface area contributed by atoms with Crippen molar-refractivity contribution in [1.82, 2.24) is 0 Å². The number of esters is 1. The van der Waals surface area contributed by atoms with Crippen LogP contribution in [0.1, 0.15) is 24.1 Å². The second-order valence-corrected chi connectivity index (χ2v) is 3.92. The van der Waals surface area contributed by atoms with E-state index in [0.717, 1.165) is 6.07 Å². The van der Waals surface area contributed by atoms with Gasteiger partial charge in [-0.1, -0.05) is 6.07 Å². The summed E-state index contributed by atoms with van der Waals surface area (Å²) >= 11 is 0. The molecule has 0 aliphatic rings. The Morgan fingerprint density at radius 1 is 1.38 bits per heavy atom. The van der Waals surface area contributed by atoms with Crippen LogP contribution in [-0.4, -0.2) is 18.7 Å². The lowest BCUT2D eigenvalue weighted by atomic mass is 10.0.